The number of pyridine rings is 1. The number of rotatable bonds is 7. The number of ether oxygens (including phenoxy) is 1. The number of carbonyl (C=O) groups is 1. The summed E-state index contributed by atoms with van der Waals surface area (Å²) in [5.74, 6) is 0.766. The van der Waals surface area contributed by atoms with Gasteiger partial charge in [-0.05, 0) is 41.5 Å². The minimum atomic E-state index is -0.161. The summed E-state index contributed by atoms with van der Waals surface area (Å²) in [6, 6.07) is 20.6. The minimum Gasteiger partial charge on any atom is -0.489 e. The lowest BCUT2D eigenvalue weighted by molar-refractivity contribution is 0.206. The molecule has 0 fully saturated rings. The number of carbonyl (C=O) groups excluding carboxylic acids is 1. The van der Waals surface area contributed by atoms with Gasteiger partial charge in [0.25, 0.3) is 0 Å². The molecule has 0 saturated heterocycles. The van der Waals surface area contributed by atoms with Crippen LogP contribution in [0.4, 0.5) is 4.79 Å². The Morgan fingerprint density at radius 2 is 1.79 bits per heavy atom. The van der Waals surface area contributed by atoms with Crippen molar-refractivity contribution in [2.24, 2.45) is 0 Å². The zero-order chi connectivity index (χ0) is 20.5. The number of aromatic nitrogens is 1. The van der Waals surface area contributed by atoms with Crippen molar-refractivity contribution in [3.63, 3.8) is 0 Å². The van der Waals surface area contributed by atoms with E-state index >= 15 is 0 Å². The molecule has 1 heterocycles. The second-order valence-corrected chi connectivity index (χ2v) is 6.62. The smallest absolute Gasteiger partial charge is 0.317 e. The minimum absolute atomic E-state index is 0.161. The highest BCUT2D eigenvalue weighted by Gasteiger charge is 2.09. The van der Waals surface area contributed by atoms with Gasteiger partial charge in [-0.3, -0.25) is 4.98 Å². The van der Waals surface area contributed by atoms with Crippen molar-refractivity contribution in [2.45, 2.75) is 19.7 Å². The van der Waals surface area contributed by atoms with Crippen LogP contribution in [0, 0.1) is 11.3 Å². The van der Waals surface area contributed by atoms with Crippen molar-refractivity contribution in [1.29, 1.82) is 5.26 Å². The molecule has 0 aliphatic rings. The molecule has 29 heavy (non-hydrogen) atoms. The molecule has 3 rings (SSSR count). The summed E-state index contributed by atoms with van der Waals surface area (Å²) < 4.78 is 5.74. The average Bonchev–Trinajstić information content (AvgIpc) is 2.78. The Morgan fingerprint density at radius 3 is 2.45 bits per heavy atom. The maximum atomic E-state index is 12.3. The molecule has 3 aromatic rings. The number of urea groups is 1. The molecule has 0 spiro atoms. The molecule has 0 unspecified atom stereocenters. The highest BCUT2D eigenvalue weighted by Crippen LogP contribution is 2.14. The van der Waals surface area contributed by atoms with Crippen molar-refractivity contribution in [3.8, 4) is 11.8 Å². The standard InChI is InChI=1S/C23H22N4O2/c1-27(16-20-6-4-18(13-24)5-7-20)23(28)26-15-19-8-10-22(11-9-19)29-17-21-3-2-12-25-14-21/h2-12,14H,15-17H2,1H3,(H,26,28). The van der Waals surface area contributed by atoms with Gasteiger partial charge in [0.2, 0.25) is 0 Å². The third kappa shape index (κ3) is 6.08. The Labute approximate surface area is 170 Å². The third-order valence-electron chi connectivity index (χ3n) is 4.34. The Hall–Kier alpha value is -3.85. The molecule has 2 amide bonds. The number of nitriles is 1. The van der Waals surface area contributed by atoms with Gasteiger partial charge in [0, 0.05) is 38.1 Å². The molecule has 0 saturated carbocycles. The molecule has 6 nitrogen and oxygen atoms in total. The van der Waals surface area contributed by atoms with Crippen LogP contribution in [0.2, 0.25) is 0 Å². The molecule has 0 aliphatic carbocycles. The van der Waals surface area contributed by atoms with E-state index in [0.29, 0.717) is 25.3 Å². The summed E-state index contributed by atoms with van der Waals surface area (Å²) in [4.78, 5) is 18.0. The zero-order valence-corrected chi connectivity index (χ0v) is 16.2. The highest BCUT2D eigenvalue weighted by atomic mass is 16.5. The summed E-state index contributed by atoms with van der Waals surface area (Å²) in [6.07, 6.45) is 3.51. The Morgan fingerprint density at radius 1 is 1.07 bits per heavy atom. The summed E-state index contributed by atoms with van der Waals surface area (Å²) >= 11 is 0. The number of amides is 2. The molecule has 146 valence electrons. The third-order valence-corrected chi connectivity index (χ3v) is 4.34. The Bertz CT molecular complexity index is 965. The highest BCUT2D eigenvalue weighted by molar-refractivity contribution is 5.73. The maximum Gasteiger partial charge on any atom is 0.317 e. The van der Waals surface area contributed by atoms with Crippen molar-refractivity contribution in [3.05, 3.63) is 95.3 Å². The zero-order valence-electron chi connectivity index (χ0n) is 16.2. The van der Waals surface area contributed by atoms with E-state index in [2.05, 4.69) is 16.4 Å². The largest absolute Gasteiger partial charge is 0.489 e. The van der Waals surface area contributed by atoms with Gasteiger partial charge in [-0.1, -0.05) is 30.3 Å². The van der Waals surface area contributed by atoms with Gasteiger partial charge in [-0.2, -0.15) is 5.26 Å². The normalized spacial score (nSPS) is 10.1. The topological polar surface area (TPSA) is 78.2 Å². The fraction of sp³-hybridized carbons (Fsp3) is 0.174. The lowest BCUT2D eigenvalue weighted by Gasteiger charge is -2.18. The summed E-state index contributed by atoms with van der Waals surface area (Å²) in [5, 5.41) is 11.7. The molecule has 6 heteroatoms. The summed E-state index contributed by atoms with van der Waals surface area (Å²) in [5.41, 5.74) is 3.57. The maximum absolute atomic E-state index is 12.3. The quantitative estimate of drug-likeness (QED) is 0.668. The van der Waals surface area contributed by atoms with Gasteiger partial charge in [0.05, 0.1) is 11.6 Å². The van der Waals surface area contributed by atoms with Crippen LogP contribution in [0.1, 0.15) is 22.3 Å². The first-order chi connectivity index (χ1) is 14.1. The first-order valence-corrected chi connectivity index (χ1v) is 9.22. The Kier molecular flexibility index (Phi) is 6.80. The lowest BCUT2D eigenvalue weighted by Crippen LogP contribution is -2.36. The second-order valence-electron chi connectivity index (χ2n) is 6.62. The van der Waals surface area contributed by atoms with E-state index in [1.165, 1.54) is 0 Å². The van der Waals surface area contributed by atoms with Crippen LogP contribution < -0.4 is 10.1 Å². The lowest BCUT2D eigenvalue weighted by atomic mass is 10.1. The number of hydrogen-bond donors (Lipinski definition) is 1. The number of nitrogens with one attached hydrogen (secondary N) is 1. The Balaban J connectivity index is 1.44. The molecule has 0 bridgehead atoms. The van der Waals surface area contributed by atoms with Crippen LogP contribution in [-0.4, -0.2) is 23.0 Å². The van der Waals surface area contributed by atoms with E-state index in [0.717, 1.165) is 22.4 Å². The van der Waals surface area contributed by atoms with E-state index in [4.69, 9.17) is 10.00 Å². The summed E-state index contributed by atoms with van der Waals surface area (Å²) in [7, 11) is 1.74. The molecule has 2 aromatic carbocycles. The fourth-order valence-electron chi connectivity index (χ4n) is 2.70. The average molecular weight is 386 g/mol. The molecule has 1 aromatic heterocycles. The van der Waals surface area contributed by atoms with Crippen molar-refractivity contribution >= 4 is 6.03 Å². The van der Waals surface area contributed by atoms with Crippen LogP contribution in [0.15, 0.2) is 73.1 Å². The van der Waals surface area contributed by atoms with Crippen LogP contribution in [0.3, 0.4) is 0 Å². The molecular formula is C23H22N4O2. The first kappa shape index (κ1) is 19.9. The van der Waals surface area contributed by atoms with Crippen molar-refractivity contribution < 1.29 is 9.53 Å². The van der Waals surface area contributed by atoms with Crippen LogP contribution in [0.5, 0.6) is 5.75 Å². The molecule has 0 aliphatic heterocycles. The summed E-state index contributed by atoms with van der Waals surface area (Å²) in [6.45, 7) is 1.36. The SMILES string of the molecule is CN(Cc1ccc(C#N)cc1)C(=O)NCc1ccc(OCc2cccnc2)cc1. The van der Waals surface area contributed by atoms with E-state index in [9.17, 15) is 4.79 Å². The predicted molar refractivity (Wildman–Crippen MR) is 110 cm³/mol. The van der Waals surface area contributed by atoms with Crippen LogP contribution in [0.25, 0.3) is 0 Å². The molecular weight excluding hydrogens is 364 g/mol. The fourth-order valence-corrected chi connectivity index (χ4v) is 2.70. The number of hydrogen-bond acceptors (Lipinski definition) is 4. The van der Waals surface area contributed by atoms with Gasteiger partial charge in [-0.15, -0.1) is 0 Å². The van der Waals surface area contributed by atoms with Crippen molar-refractivity contribution in [1.82, 2.24) is 15.2 Å². The predicted octanol–water partition coefficient (Wildman–Crippen LogP) is 3.87. The van der Waals surface area contributed by atoms with E-state index in [-0.39, 0.29) is 6.03 Å². The van der Waals surface area contributed by atoms with E-state index in [1.807, 2.05) is 48.5 Å². The molecule has 0 radical (unpaired) electrons. The van der Waals surface area contributed by atoms with Gasteiger partial charge >= 0.3 is 6.03 Å². The van der Waals surface area contributed by atoms with Gasteiger partial charge in [0.1, 0.15) is 12.4 Å². The number of nitrogens with zero attached hydrogens (tertiary/aromatic N) is 3. The van der Waals surface area contributed by atoms with E-state index in [1.54, 1.807) is 36.5 Å². The van der Waals surface area contributed by atoms with Gasteiger partial charge < -0.3 is 15.0 Å². The van der Waals surface area contributed by atoms with Crippen molar-refractivity contribution in [2.75, 3.05) is 7.05 Å². The molecule has 0 atom stereocenters. The van der Waals surface area contributed by atoms with Crippen LogP contribution in [-0.2, 0) is 19.7 Å². The van der Waals surface area contributed by atoms with Gasteiger partial charge in [0.15, 0.2) is 0 Å². The van der Waals surface area contributed by atoms with Gasteiger partial charge in [-0.25, -0.2) is 4.79 Å². The number of benzene rings is 2. The molecule has 1 N–H and O–H groups in total. The van der Waals surface area contributed by atoms with E-state index < -0.39 is 0 Å². The first-order valence-electron chi connectivity index (χ1n) is 9.22. The monoisotopic (exact) mass is 386 g/mol. The van der Waals surface area contributed by atoms with Crippen LogP contribution >= 0.6 is 0 Å². The second kappa shape index (κ2) is 9.90.